The van der Waals surface area contributed by atoms with Gasteiger partial charge < -0.3 is 4.90 Å². The van der Waals surface area contributed by atoms with Crippen LogP contribution in [0.4, 0.5) is 5.82 Å². The van der Waals surface area contributed by atoms with E-state index >= 15 is 0 Å². The van der Waals surface area contributed by atoms with Crippen LogP contribution in [0.3, 0.4) is 0 Å². The van der Waals surface area contributed by atoms with Crippen LogP contribution in [0.15, 0.2) is 36.5 Å². The second-order valence-corrected chi connectivity index (χ2v) is 7.94. The molecular formula is C21H28N4. The molecule has 2 aliphatic rings. The van der Waals surface area contributed by atoms with Crippen molar-refractivity contribution < 1.29 is 0 Å². The maximum absolute atomic E-state index is 4.63. The quantitative estimate of drug-likeness (QED) is 0.857. The van der Waals surface area contributed by atoms with Crippen LogP contribution in [0.25, 0.3) is 0 Å². The summed E-state index contributed by atoms with van der Waals surface area (Å²) < 4.78 is 0. The van der Waals surface area contributed by atoms with E-state index in [9.17, 15) is 0 Å². The molecule has 1 aromatic heterocycles. The maximum atomic E-state index is 4.63. The molecule has 25 heavy (non-hydrogen) atoms. The maximum Gasteiger partial charge on any atom is 0.132 e. The number of anilines is 1. The second-order valence-electron chi connectivity index (χ2n) is 7.94. The van der Waals surface area contributed by atoms with E-state index in [0.717, 1.165) is 31.3 Å². The van der Waals surface area contributed by atoms with Gasteiger partial charge in [0.25, 0.3) is 0 Å². The smallest absolute Gasteiger partial charge is 0.132 e. The first kappa shape index (κ1) is 16.5. The van der Waals surface area contributed by atoms with Crippen LogP contribution in [0, 0.1) is 19.3 Å². The molecule has 1 atom stereocenters. The fourth-order valence-electron chi connectivity index (χ4n) is 4.60. The van der Waals surface area contributed by atoms with Gasteiger partial charge in [-0.15, -0.1) is 0 Å². The molecule has 0 N–H and O–H groups in total. The van der Waals surface area contributed by atoms with Crippen molar-refractivity contribution >= 4 is 5.82 Å². The van der Waals surface area contributed by atoms with Gasteiger partial charge in [-0.25, -0.2) is 9.97 Å². The van der Waals surface area contributed by atoms with E-state index in [4.69, 9.17) is 0 Å². The van der Waals surface area contributed by atoms with E-state index in [1.165, 1.54) is 43.5 Å². The van der Waals surface area contributed by atoms with Crippen molar-refractivity contribution in [3.63, 3.8) is 0 Å². The molecule has 0 bridgehead atoms. The Kier molecular flexibility index (Phi) is 4.46. The number of rotatable bonds is 3. The standard InChI is InChI=1S/C21H28N4/c1-17-5-3-6-19(13-17)14-24-11-4-8-21(15-24)9-12-25(16-21)20-7-10-22-18(2)23-20/h3,5-7,10,13H,4,8-9,11-12,14-16H2,1-2H3/t21-/m1/s1. The first-order valence-corrected chi connectivity index (χ1v) is 9.44. The summed E-state index contributed by atoms with van der Waals surface area (Å²) in [4.78, 5) is 14.0. The molecule has 4 heteroatoms. The van der Waals surface area contributed by atoms with Crippen molar-refractivity contribution in [2.45, 2.75) is 39.7 Å². The molecule has 3 heterocycles. The average Bonchev–Trinajstić information content (AvgIpc) is 2.98. The van der Waals surface area contributed by atoms with Gasteiger partial charge in [-0.2, -0.15) is 0 Å². The molecule has 0 amide bonds. The number of piperidine rings is 1. The Morgan fingerprint density at radius 1 is 1.08 bits per heavy atom. The molecule has 0 radical (unpaired) electrons. The molecule has 4 nitrogen and oxygen atoms in total. The van der Waals surface area contributed by atoms with E-state index in [1.807, 2.05) is 13.1 Å². The minimum absolute atomic E-state index is 0.431. The number of benzene rings is 1. The predicted octanol–water partition coefficient (Wildman–Crippen LogP) is 3.59. The predicted molar refractivity (Wildman–Crippen MR) is 102 cm³/mol. The van der Waals surface area contributed by atoms with Gasteiger partial charge in [0.1, 0.15) is 11.6 Å². The van der Waals surface area contributed by atoms with Crippen LogP contribution in [0.1, 0.15) is 36.2 Å². The highest BCUT2D eigenvalue weighted by Gasteiger charge is 2.41. The third kappa shape index (κ3) is 3.69. The summed E-state index contributed by atoms with van der Waals surface area (Å²) in [6.07, 6.45) is 5.81. The third-order valence-corrected chi connectivity index (χ3v) is 5.75. The van der Waals surface area contributed by atoms with Crippen LogP contribution in [-0.4, -0.2) is 41.0 Å². The van der Waals surface area contributed by atoms with Crippen molar-refractivity contribution in [3.05, 3.63) is 53.5 Å². The van der Waals surface area contributed by atoms with Crippen LogP contribution in [-0.2, 0) is 6.54 Å². The summed E-state index contributed by atoms with van der Waals surface area (Å²) in [5, 5.41) is 0. The zero-order valence-corrected chi connectivity index (χ0v) is 15.4. The molecule has 2 aromatic rings. The lowest BCUT2D eigenvalue weighted by Crippen LogP contribution is -2.44. The number of nitrogens with zero attached hydrogens (tertiary/aromatic N) is 4. The SMILES string of the molecule is Cc1cccc(CN2CCC[C@@]3(CCN(c4ccnc(C)n4)C3)C2)c1. The van der Waals surface area contributed by atoms with Gasteiger partial charge in [0.2, 0.25) is 0 Å². The number of hydrogen-bond acceptors (Lipinski definition) is 4. The minimum Gasteiger partial charge on any atom is -0.356 e. The van der Waals surface area contributed by atoms with E-state index in [-0.39, 0.29) is 0 Å². The lowest BCUT2D eigenvalue weighted by atomic mass is 9.79. The fraction of sp³-hybridized carbons (Fsp3) is 0.524. The zero-order valence-electron chi connectivity index (χ0n) is 15.4. The first-order valence-electron chi connectivity index (χ1n) is 9.44. The molecule has 2 aliphatic heterocycles. The van der Waals surface area contributed by atoms with E-state index in [2.05, 4.69) is 57.0 Å². The second kappa shape index (κ2) is 6.75. The van der Waals surface area contributed by atoms with Gasteiger partial charge >= 0.3 is 0 Å². The summed E-state index contributed by atoms with van der Waals surface area (Å²) in [6.45, 7) is 9.92. The molecule has 1 spiro atoms. The molecule has 0 saturated carbocycles. The molecule has 1 aromatic carbocycles. The van der Waals surface area contributed by atoms with Gasteiger partial charge in [0, 0.05) is 37.8 Å². The molecule has 0 aliphatic carbocycles. The van der Waals surface area contributed by atoms with Gasteiger partial charge in [0.05, 0.1) is 0 Å². The summed E-state index contributed by atoms with van der Waals surface area (Å²) in [5.74, 6) is 1.96. The van der Waals surface area contributed by atoms with Crippen molar-refractivity contribution in [1.29, 1.82) is 0 Å². The van der Waals surface area contributed by atoms with Crippen LogP contribution < -0.4 is 4.90 Å². The number of aryl methyl sites for hydroxylation is 2. The van der Waals surface area contributed by atoms with Gasteiger partial charge in [-0.1, -0.05) is 29.8 Å². The summed E-state index contributed by atoms with van der Waals surface area (Å²) in [5.41, 5.74) is 3.23. The fourth-order valence-corrected chi connectivity index (χ4v) is 4.60. The average molecular weight is 336 g/mol. The molecule has 4 rings (SSSR count). The van der Waals surface area contributed by atoms with Crippen molar-refractivity contribution in [2.75, 3.05) is 31.1 Å². The van der Waals surface area contributed by atoms with Gasteiger partial charge in [-0.3, -0.25) is 4.90 Å². The van der Waals surface area contributed by atoms with Crippen molar-refractivity contribution in [2.24, 2.45) is 5.41 Å². The summed E-state index contributed by atoms with van der Waals surface area (Å²) in [7, 11) is 0. The van der Waals surface area contributed by atoms with Gasteiger partial charge in [-0.05, 0) is 51.3 Å². The lowest BCUT2D eigenvalue weighted by Gasteiger charge is -2.40. The Bertz CT molecular complexity index is 744. The van der Waals surface area contributed by atoms with Crippen LogP contribution in [0.5, 0.6) is 0 Å². The molecular weight excluding hydrogens is 308 g/mol. The summed E-state index contributed by atoms with van der Waals surface area (Å²) in [6, 6.07) is 11.0. The van der Waals surface area contributed by atoms with E-state index in [0.29, 0.717) is 5.41 Å². The zero-order chi connectivity index (χ0) is 17.3. The molecule has 0 unspecified atom stereocenters. The lowest BCUT2D eigenvalue weighted by molar-refractivity contribution is 0.0991. The number of likely N-dealkylation sites (tertiary alicyclic amines) is 1. The Balaban J connectivity index is 1.44. The largest absolute Gasteiger partial charge is 0.356 e. The normalized spacial score (nSPS) is 24.2. The highest BCUT2D eigenvalue weighted by atomic mass is 15.2. The monoisotopic (exact) mass is 336 g/mol. The summed E-state index contributed by atoms with van der Waals surface area (Å²) >= 11 is 0. The highest BCUT2D eigenvalue weighted by Crippen LogP contribution is 2.40. The molecule has 2 fully saturated rings. The molecule has 132 valence electrons. The Hall–Kier alpha value is -1.94. The number of aromatic nitrogens is 2. The van der Waals surface area contributed by atoms with E-state index < -0.39 is 0 Å². The molecule has 2 saturated heterocycles. The van der Waals surface area contributed by atoms with E-state index in [1.54, 1.807) is 0 Å². The Morgan fingerprint density at radius 2 is 2.00 bits per heavy atom. The Morgan fingerprint density at radius 3 is 2.84 bits per heavy atom. The third-order valence-electron chi connectivity index (χ3n) is 5.75. The first-order chi connectivity index (χ1) is 12.1. The van der Waals surface area contributed by atoms with Crippen molar-refractivity contribution in [3.8, 4) is 0 Å². The Labute approximate surface area is 150 Å². The van der Waals surface area contributed by atoms with Crippen LogP contribution >= 0.6 is 0 Å². The van der Waals surface area contributed by atoms with Crippen molar-refractivity contribution in [1.82, 2.24) is 14.9 Å². The van der Waals surface area contributed by atoms with Crippen LogP contribution in [0.2, 0.25) is 0 Å². The minimum atomic E-state index is 0.431. The highest BCUT2D eigenvalue weighted by molar-refractivity contribution is 5.39. The number of hydrogen-bond donors (Lipinski definition) is 0. The topological polar surface area (TPSA) is 32.3 Å². The van der Waals surface area contributed by atoms with Gasteiger partial charge in [0.15, 0.2) is 0 Å².